The number of fused-ring (bicyclic) bond motifs is 1. The van der Waals surface area contributed by atoms with Gasteiger partial charge in [-0.2, -0.15) is 0 Å². The summed E-state index contributed by atoms with van der Waals surface area (Å²) in [4.78, 5) is 14.8. The molecule has 0 radical (unpaired) electrons. The van der Waals surface area contributed by atoms with Gasteiger partial charge in [0.15, 0.2) is 11.5 Å². The molecule has 2 aliphatic rings. The Bertz CT molecular complexity index is 631. The standard InChI is InChI=1S/C22H34N2O4/c1-2-3-4-5-8-21(25)23-18(16-24-11-6-7-12-24)22(26)17-9-10-19-20(15-17)28-14-13-27-19/h9-10,15,18,22,26H,2-8,11-14,16H2,1H3,(H,23,25)/t18-,22-/m1/s1. The van der Waals surface area contributed by atoms with Crippen LogP contribution in [0.1, 0.15) is 63.5 Å². The van der Waals surface area contributed by atoms with Crippen molar-refractivity contribution in [2.75, 3.05) is 32.8 Å². The molecule has 0 bridgehead atoms. The molecule has 2 aliphatic heterocycles. The van der Waals surface area contributed by atoms with E-state index in [0.717, 1.165) is 44.3 Å². The molecule has 0 spiro atoms. The van der Waals surface area contributed by atoms with Gasteiger partial charge in [0.1, 0.15) is 19.3 Å². The number of aliphatic hydroxyl groups excluding tert-OH is 1. The van der Waals surface area contributed by atoms with Crippen LogP contribution in [0.25, 0.3) is 0 Å². The molecular weight excluding hydrogens is 356 g/mol. The molecule has 2 atom stereocenters. The third-order valence-electron chi connectivity index (χ3n) is 5.55. The molecule has 0 unspecified atom stereocenters. The van der Waals surface area contributed by atoms with Gasteiger partial charge in [-0.25, -0.2) is 0 Å². The molecule has 1 amide bonds. The molecule has 156 valence electrons. The maximum Gasteiger partial charge on any atom is 0.220 e. The Balaban J connectivity index is 1.65. The Kier molecular flexibility index (Phi) is 7.98. The Morgan fingerprint density at radius 1 is 1.14 bits per heavy atom. The topological polar surface area (TPSA) is 71.0 Å². The average Bonchev–Trinajstić information content (AvgIpc) is 3.23. The summed E-state index contributed by atoms with van der Waals surface area (Å²) in [6.07, 6.45) is 6.38. The van der Waals surface area contributed by atoms with Crippen LogP contribution in [0.2, 0.25) is 0 Å². The summed E-state index contributed by atoms with van der Waals surface area (Å²) in [6, 6.07) is 5.21. The van der Waals surface area contributed by atoms with Crippen LogP contribution in [-0.2, 0) is 4.79 Å². The molecule has 1 saturated heterocycles. The fourth-order valence-corrected chi connectivity index (χ4v) is 3.94. The number of rotatable bonds is 10. The largest absolute Gasteiger partial charge is 0.486 e. The van der Waals surface area contributed by atoms with Crippen molar-refractivity contribution in [2.24, 2.45) is 0 Å². The summed E-state index contributed by atoms with van der Waals surface area (Å²) in [7, 11) is 0. The first-order valence-electron chi connectivity index (χ1n) is 10.8. The smallest absolute Gasteiger partial charge is 0.220 e. The highest BCUT2D eigenvalue weighted by atomic mass is 16.6. The number of nitrogens with one attached hydrogen (secondary N) is 1. The van der Waals surface area contributed by atoms with Gasteiger partial charge in [-0.3, -0.25) is 4.79 Å². The maximum atomic E-state index is 12.5. The predicted octanol–water partition coefficient (Wildman–Crippen LogP) is 3.04. The lowest BCUT2D eigenvalue weighted by Crippen LogP contribution is -2.46. The van der Waals surface area contributed by atoms with Gasteiger partial charge in [0.25, 0.3) is 0 Å². The van der Waals surface area contributed by atoms with Gasteiger partial charge in [0.2, 0.25) is 5.91 Å². The molecular formula is C22H34N2O4. The maximum absolute atomic E-state index is 12.5. The molecule has 3 rings (SSSR count). The van der Waals surface area contributed by atoms with Crippen LogP contribution in [0.5, 0.6) is 11.5 Å². The van der Waals surface area contributed by atoms with E-state index in [0.29, 0.717) is 37.7 Å². The number of aliphatic hydroxyl groups is 1. The first-order valence-corrected chi connectivity index (χ1v) is 10.8. The van der Waals surface area contributed by atoms with E-state index in [4.69, 9.17) is 9.47 Å². The van der Waals surface area contributed by atoms with Crippen LogP contribution in [0.15, 0.2) is 18.2 Å². The monoisotopic (exact) mass is 390 g/mol. The van der Waals surface area contributed by atoms with Crippen molar-refractivity contribution in [2.45, 2.75) is 64.0 Å². The number of nitrogens with zero attached hydrogens (tertiary/aromatic N) is 1. The van der Waals surface area contributed by atoms with Crippen molar-refractivity contribution < 1.29 is 19.4 Å². The van der Waals surface area contributed by atoms with Crippen LogP contribution in [0, 0.1) is 0 Å². The second-order valence-corrected chi connectivity index (χ2v) is 7.84. The molecule has 1 fully saturated rings. The quantitative estimate of drug-likeness (QED) is 0.601. The van der Waals surface area contributed by atoms with Gasteiger partial charge in [0, 0.05) is 13.0 Å². The van der Waals surface area contributed by atoms with Gasteiger partial charge >= 0.3 is 0 Å². The van der Waals surface area contributed by atoms with E-state index in [1.807, 2.05) is 18.2 Å². The summed E-state index contributed by atoms with van der Waals surface area (Å²) in [5.41, 5.74) is 0.750. The van der Waals surface area contributed by atoms with Crippen molar-refractivity contribution >= 4 is 5.91 Å². The number of ether oxygens (including phenoxy) is 2. The van der Waals surface area contributed by atoms with E-state index in [9.17, 15) is 9.90 Å². The third kappa shape index (κ3) is 5.85. The molecule has 2 N–H and O–H groups in total. The summed E-state index contributed by atoms with van der Waals surface area (Å²) in [5.74, 6) is 1.39. The Hall–Kier alpha value is -1.79. The molecule has 0 saturated carbocycles. The van der Waals surface area contributed by atoms with Crippen LogP contribution in [0.4, 0.5) is 0 Å². The van der Waals surface area contributed by atoms with E-state index < -0.39 is 6.10 Å². The van der Waals surface area contributed by atoms with Crippen LogP contribution in [-0.4, -0.2) is 54.8 Å². The molecule has 1 aromatic rings. The average molecular weight is 391 g/mol. The van der Waals surface area contributed by atoms with Crippen molar-refractivity contribution in [1.82, 2.24) is 10.2 Å². The SMILES string of the molecule is CCCCCCC(=O)N[C@H](CN1CCCC1)[C@H](O)c1ccc2c(c1)OCCO2. The minimum absolute atomic E-state index is 0.0249. The van der Waals surface area contributed by atoms with Crippen molar-refractivity contribution in [3.05, 3.63) is 23.8 Å². The fraction of sp³-hybridized carbons (Fsp3) is 0.682. The number of benzene rings is 1. The molecule has 0 aromatic heterocycles. The zero-order valence-electron chi connectivity index (χ0n) is 17.0. The van der Waals surface area contributed by atoms with Crippen molar-refractivity contribution in [3.63, 3.8) is 0 Å². The van der Waals surface area contributed by atoms with Crippen molar-refractivity contribution in [1.29, 1.82) is 0 Å². The zero-order chi connectivity index (χ0) is 19.8. The second kappa shape index (κ2) is 10.7. The lowest BCUT2D eigenvalue weighted by atomic mass is 10.0. The number of hydrogen-bond acceptors (Lipinski definition) is 5. The summed E-state index contributed by atoms with van der Waals surface area (Å²) >= 11 is 0. The minimum atomic E-state index is -0.781. The van der Waals surface area contributed by atoms with Crippen molar-refractivity contribution in [3.8, 4) is 11.5 Å². The van der Waals surface area contributed by atoms with Gasteiger partial charge in [-0.1, -0.05) is 32.3 Å². The lowest BCUT2D eigenvalue weighted by Gasteiger charge is -2.29. The lowest BCUT2D eigenvalue weighted by molar-refractivity contribution is -0.123. The molecule has 6 heteroatoms. The Morgan fingerprint density at radius 3 is 2.64 bits per heavy atom. The molecule has 2 heterocycles. The van der Waals surface area contributed by atoms with E-state index in [2.05, 4.69) is 17.1 Å². The Labute approximate surface area is 168 Å². The highest BCUT2D eigenvalue weighted by Gasteiger charge is 2.27. The normalized spacial score (nSPS) is 18.6. The predicted molar refractivity (Wildman–Crippen MR) is 109 cm³/mol. The van der Waals surface area contributed by atoms with E-state index in [1.54, 1.807) is 0 Å². The Morgan fingerprint density at radius 2 is 1.89 bits per heavy atom. The first kappa shape index (κ1) is 20.9. The van der Waals surface area contributed by atoms with Gasteiger partial charge < -0.3 is 24.8 Å². The molecule has 6 nitrogen and oxygen atoms in total. The van der Waals surface area contributed by atoms with Crippen LogP contribution < -0.4 is 14.8 Å². The third-order valence-corrected chi connectivity index (χ3v) is 5.55. The van der Waals surface area contributed by atoms with Crippen LogP contribution in [0.3, 0.4) is 0 Å². The van der Waals surface area contributed by atoms with Gasteiger partial charge in [0.05, 0.1) is 6.04 Å². The summed E-state index contributed by atoms with van der Waals surface area (Å²) < 4.78 is 11.2. The second-order valence-electron chi connectivity index (χ2n) is 7.84. The van der Waals surface area contributed by atoms with E-state index in [1.165, 1.54) is 12.8 Å². The number of likely N-dealkylation sites (tertiary alicyclic amines) is 1. The number of carbonyl (C=O) groups excluding carboxylic acids is 1. The van der Waals surface area contributed by atoms with Gasteiger partial charge in [-0.05, 0) is 50.0 Å². The van der Waals surface area contributed by atoms with Crippen LogP contribution >= 0.6 is 0 Å². The first-order chi connectivity index (χ1) is 13.7. The number of amides is 1. The highest BCUT2D eigenvalue weighted by molar-refractivity contribution is 5.76. The van der Waals surface area contributed by atoms with E-state index >= 15 is 0 Å². The van der Waals surface area contributed by atoms with Gasteiger partial charge in [-0.15, -0.1) is 0 Å². The molecule has 0 aliphatic carbocycles. The number of carbonyl (C=O) groups is 1. The highest BCUT2D eigenvalue weighted by Crippen LogP contribution is 2.33. The fourth-order valence-electron chi connectivity index (χ4n) is 3.94. The summed E-state index contributed by atoms with van der Waals surface area (Å²) in [5, 5.41) is 14.2. The minimum Gasteiger partial charge on any atom is -0.486 e. The summed E-state index contributed by atoms with van der Waals surface area (Å²) in [6.45, 7) is 5.93. The molecule has 1 aromatic carbocycles. The van der Waals surface area contributed by atoms with E-state index in [-0.39, 0.29) is 11.9 Å². The zero-order valence-corrected chi connectivity index (χ0v) is 17.0. The number of unbranched alkanes of at least 4 members (excludes halogenated alkanes) is 3. The number of hydrogen-bond donors (Lipinski definition) is 2. The molecule has 28 heavy (non-hydrogen) atoms.